The fourth-order valence-electron chi connectivity index (χ4n) is 3.99. The van der Waals surface area contributed by atoms with Gasteiger partial charge in [0.05, 0.1) is 4.90 Å². The third kappa shape index (κ3) is 3.93. The molecule has 6 heteroatoms. The zero-order chi connectivity index (χ0) is 18.9. The van der Waals surface area contributed by atoms with Crippen molar-refractivity contribution in [2.45, 2.75) is 42.2 Å². The quantitative estimate of drug-likeness (QED) is 0.750. The largest absolute Gasteiger partial charge is 0.243 e. The molecule has 144 valence electrons. The second-order valence-corrected chi connectivity index (χ2v) is 10.5. The fourth-order valence-corrected chi connectivity index (χ4v) is 6.87. The Morgan fingerprint density at radius 1 is 1.00 bits per heavy atom. The molecular formula is C21H24FNO2S2. The van der Waals surface area contributed by atoms with E-state index in [1.807, 2.05) is 18.2 Å². The van der Waals surface area contributed by atoms with Gasteiger partial charge in [-0.2, -0.15) is 16.1 Å². The number of halogens is 1. The molecule has 0 spiro atoms. The van der Waals surface area contributed by atoms with Crippen molar-refractivity contribution in [3.63, 3.8) is 0 Å². The Morgan fingerprint density at radius 3 is 2.59 bits per heavy atom. The molecule has 3 nitrogen and oxygen atoms in total. The Bertz CT molecular complexity index is 930. The summed E-state index contributed by atoms with van der Waals surface area (Å²) < 4.78 is 42.0. The minimum Gasteiger partial charge on any atom is -0.207 e. The summed E-state index contributed by atoms with van der Waals surface area (Å²) in [5.41, 5.74) is 3.14. The van der Waals surface area contributed by atoms with Crippen molar-refractivity contribution in [1.29, 1.82) is 0 Å². The Balaban J connectivity index is 1.54. The molecule has 27 heavy (non-hydrogen) atoms. The van der Waals surface area contributed by atoms with Crippen LogP contribution in [-0.2, 0) is 22.9 Å². The third-order valence-corrected chi connectivity index (χ3v) is 8.72. The molecule has 0 amide bonds. The van der Waals surface area contributed by atoms with Gasteiger partial charge in [-0.15, -0.1) is 0 Å². The smallest absolute Gasteiger partial charge is 0.207 e. The number of fused-ring (bicyclic) bond motifs is 1. The molecule has 0 bridgehead atoms. The van der Waals surface area contributed by atoms with Gasteiger partial charge in [0.1, 0.15) is 5.82 Å². The van der Waals surface area contributed by atoms with Crippen LogP contribution in [0.15, 0.2) is 47.4 Å². The maximum absolute atomic E-state index is 14.1. The van der Waals surface area contributed by atoms with Crippen LogP contribution in [0.3, 0.4) is 0 Å². The van der Waals surface area contributed by atoms with Crippen LogP contribution in [-0.4, -0.2) is 31.6 Å². The first-order chi connectivity index (χ1) is 13.1. The van der Waals surface area contributed by atoms with E-state index in [9.17, 15) is 12.8 Å². The van der Waals surface area contributed by atoms with E-state index in [0.29, 0.717) is 35.7 Å². The highest BCUT2D eigenvalue weighted by Crippen LogP contribution is 2.37. The molecule has 0 aromatic heterocycles. The molecule has 1 unspecified atom stereocenters. The van der Waals surface area contributed by atoms with Gasteiger partial charge in [0.2, 0.25) is 10.0 Å². The van der Waals surface area contributed by atoms with Crippen LogP contribution in [0.2, 0.25) is 0 Å². The van der Waals surface area contributed by atoms with Crippen LogP contribution >= 0.6 is 11.8 Å². The molecule has 1 aliphatic heterocycles. The summed E-state index contributed by atoms with van der Waals surface area (Å²) in [5.74, 6) is 0.462. The molecule has 4 rings (SSSR count). The zero-order valence-electron chi connectivity index (χ0n) is 15.2. The lowest BCUT2D eigenvalue weighted by atomic mass is 9.92. The number of aryl methyl sites for hydroxylation is 2. The Morgan fingerprint density at radius 2 is 1.78 bits per heavy atom. The summed E-state index contributed by atoms with van der Waals surface area (Å²) in [5, 5.41) is -0.00469. The van der Waals surface area contributed by atoms with E-state index in [4.69, 9.17) is 0 Å². The summed E-state index contributed by atoms with van der Waals surface area (Å²) >= 11 is 1.64. The topological polar surface area (TPSA) is 37.4 Å². The monoisotopic (exact) mass is 405 g/mol. The number of benzene rings is 2. The number of rotatable bonds is 3. The second kappa shape index (κ2) is 7.94. The van der Waals surface area contributed by atoms with Gasteiger partial charge in [0, 0.05) is 29.7 Å². The number of sulfonamides is 1. The normalized spacial score (nSPS) is 21.4. The van der Waals surface area contributed by atoms with Gasteiger partial charge >= 0.3 is 0 Å². The Kier molecular flexibility index (Phi) is 5.58. The van der Waals surface area contributed by atoms with Gasteiger partial charge < -0.3 is 0 Å². The number of nitrogens with zero attached hydrogens (tertiary/aromatic N) is 1. The first-order valence-corrected chi connectivity index (χ1v) is 12.0. The average molecular weight is 406 g/mol. The van der Waals surface area contributed by atoms with Crippen LogP contribution in [0, 0.1) is 5.82 Å². The lowest BCUT2D eigenvalue weighted by molar-refractivity contribution is 0.427. The van der Waals surface area contributed by atoms with E-state index >= 15 is 0 Å². The lowest BCUT2D eigenvalue weighted by Gasteiger charge is -2.22. The first kappa shape index (κ1) is 19.0. The fraction of sp³-hybridized carbons (Fsp3) is 0.429. The SMILES string of the molecule is O=S(=O)(c1ccc2c(c1)CCCC2)N1CCSC(c2ccccc2F)CC1. The minimum atomic E-state index is -3.51. The standard InChI is InChI=1S/C21H24FNO2S2/c22-20-8-4-3-7-19(20)21-11-12-23(13-14-26-21)27(24,25)18-10-9-16-5-1-2-6-17(16)15-18/h3-4,7-10,15,21H,1-2,5-6,11-14H2. The summed E-state index contributed by atoms with van der Waals surface area (Å²) in [4.78, 5) is 0.400. The van der Waals surface area contributed by atoms with Crippen molar-refractivity contribution < 1.29 is 12.8 Å². The number of hydrogen-bond donors (Lipinski definition) is 0. The van der Waals surface area contributed by atoms with E-state index in [0.717, 1.165) is 19.3 Å². The van der Waals surface area contributed by atoms with E-state index in [1.54, 1.807) is 34.3 Å². The van der Waals surface area contributed by atoms with Gasteiger partial charge in [-0.3, -0.25) is 0 Å². The predicted octanol–water partition coefficient (Wildman–Crippen LogP) is 4.57. The van der Waals surface area contributed by atoms with Gasteiger partial charge in [-0.25, -0.2) is 12.8 Å². The molecule has 2 aromatic rings. The number of thioether (sulfide) groups is 1. The van der Waals surface area contributed by atoms with Gasteiger partial charge in [-0.1, -0.05) is 24.3 Å². The highest BCUT2D eigenvalue weighted by molar-refractivity contribution is 7.99. The molecular weight excluding hydrogens is 381 g/mol. The lowest BCUT2D eigenvalue weighted by Crippen LogP contribution is -2.33. The van der Waals surface area contributed by atoms with Crippen molar-refractivity contribution in [1.82, 2.24) is 4.31 Å². The average Bonchev–Trinajstić information content (AvgIpc) is 2.94. The van der Waals surface area contributed by atoms with Crippen LogP contribution in [0.5, 0.6) is 0 Å². The summed E-state index contributed by atoms with van der Waals surface area (Å²) in [6.45, 7) is 0.889. The van der Waals surface area contributed by atoms with Crippen LogP contribution < -0.4 is 0 Å². The minimum absolute atomic E-state index is 0.00469. The third-order valence-electron chi connectivity index (χ3n) is 5.51. The van der Waals surface area contributed by atoms with Crippen LogP contribution in [0.25, 0.3) is 0 Å². The van der Waals surface area contributed by atoms with Crippen LogP contribution in [0.4, 0.5) is 4.39 Å². The van der Waals surface area contributed by atoms with Crippen molar-refractivity contribution in [3.8, 4) is 0 Å². The molecule has 0 saturated carbocycles. The van der Waals surface area contributed by atoms with E-state index in [-0.39, 0.29) is 11.1 Å². The molecule has 2 aliphatic rings. The summed E-state index contributed by atoms with van der Waals surface area (Å²) in [6.07, 6.45) is 4.93. The summed E-state index contributed by atoms with van der Waals surface area (Å²) in [6, 6.07) is 12.4. The molecule has 1 saturated heterocycles. The Hall–Kier alpha value is -1.37. The van der Waals surface area contributed by atoms with Gasteiger partial charge in [0.25, 0.3) is 0 Å². The number of hydrogen-bond acceptors (Lipinski definition) is 3. The van der Waals surface area contributed by atoms with E-state index in [1.165, 1.54) is 23.6 Å². The molecule has 1 aliphatic carbocycles. The van der Waals surface area contributed by atoms with Crippen molar-refractivity contribution >= 4 is 21.8 Å². The van der Waals surface area contributed by atoms with E-state index < -0.39 is 10.0 Å². The van der Waals surface area contributed by atoms with Gasteiger partial charge in [0.15, 0.2) is 0 Å². The highest BCUT2D eigenvalue weighted by Gasteiger charge is 2.29. The Labute approximate surface area is 165 Å². The molecule has 2 aromatic carbocycles. The van der Waals surface area contributed by atoms with Crippen molar-refractivity contribution in [2.75, 3.05) is 18.8 Å². The molecule has 1 atom stereocenters. The van der Waals surface area contributed by atoms with Crippen molar-refractivity contribution in [3.05, 3.63) is 65.0 Å². The maximum Gasteiger partial charge on any atom is 0.243 e. The maximum atomic E-state index is 14.1. The first-order valence-electron chi connectivity index (χ1n) is 9.54. The molecule has 1 heterocycles. The van der Waals surface area contributed by atoms with E-state index in [2.05, 4.69) is 0 Å². The second-order valence-electron chi connectivity index (χ2n) is 7.21. The molecule has 0 radical (unpaired) electrons. The molecule has 0 N–H and O–H groups in total. The van der Waals surface area contributed by atoms with Crippen molar-refractivity contribution in [2.24, 2.45) is 0 Å². The molecule has 1 fully saturated rings. The van der Waals surface area contributed by atoms with Gasteiger partial charge in [-0.05, 0) is 61.4 Å². The predicted molar refractivity (Wildman–Crippen MR) is 108 cm³/mol. The summed E-state index contributed by atoms with van der Waals surface area (Å²) in [7, 11) is -3.51. The zero-order valence-corrected chi connectivity index (χ0v) is 16.9. The van der Waals surface area contributed by atoms with Crippen LogP contribution in [0.1, 0.15) is 41.2 Å². The highest BCUT2D eigenvalue weighted by atomic mass is 32.2.